The molecule has 14 heavy (non-hydrogen) atoms. The summed E-state index contributed by atoms with van der Waals surface area (Å²) < 4.78 is 0. The highest BCUT2D eigenvalue weighted by atomic mass is 16.1. The van der Waals surface area contributed by atoms with Gasteiger partial charge in [-0.3, -0.25) is 4.79 Å². The Labute approximate surface area is 84.4 Å². The molecule has 2 N–H and O–H groups in total. The number of Topliss-reactive ketones (excluding diaryl/α,β-unsaturated/α-hetero) is 1. The third-order valence-corrected chi connectivity index (χ3v) is 2.04. The van der Waals surface area contributed by atoms with Crippen molar-refractivity contribution in [1.29, 1.82) is 0 Å². The first-order valence-electron chi connectivity index (χ1n) is 4.73. The highest BCUT2D eigenvalue weighted by Gasteiger charge is 2.03. The zero-order chi connectivity index (χ0) is 10.4. The zero-order valence-corrected chi connectivity index (χ0v) is 8.20. The van der Waals surface area contributed by atoms with Gasteiger partial charge >= 0.3 is 0 Å². The van der Waals surface area contributed by atoms with Crippen molar-refractivity contribution in [2.75, 3.05) is 5.73 Å². The van der Waals surface area contributed by atoms with E-state index in [1.807, 2.05) is 6.08 Å². The number of unbranched alkanes of at least 4 members (excludes halogenated alkanes) is 1. The number of allylic oxidation sites excluding steroid dienone is 1. The minimum Gasteiger partial charge on any atom is -0.399 e. The Morgan fingerprint density at radius 3 is 2.57 bits per heavy atom. The van der Waals surface area contributed by atoms with Crippen LogP contribution in [0.5, 0.6) is 0 Å². The average molecular weight is 189 g/mol. The molecule has 0 unspecified atom stereocenters. The third kappa shape index (κ3) is 3.05. The van der Waals surface area contributed by atoms with Crippen LogP contribution in [0.25, 0.3) is 0 Å². The van der Waals surface area contributed by atoms with Gasteiger partial charge in [0.1, 0.15) is 0 Å². The highest BCUT2D eigenvalue weighted by molar-refractivity contribution is 5.96. The van der Waals surface area contributed by atoms with E-state index in [-0.39, 0.29) is 5.78 Å². The van der Waals surface area contributed by atoms with E-state index in [9.17, 15) is 4.79 Å². The molecule has 2 nitrogen and oxygen atoms in total. The second-order valence-electron chi connectivity index (χ2n) is 3.23. The van der Waals surface area contributed by atoms with Gasteiger partial charge in [0, 0.05) is 17.7 Å². The molecule has 0 aliphatic carbocycles. The summed E-state index contributed by atoms with van der Waals surface area (Å²) in [7, 11) is 0. The van der Waals surface area contributed by atoms with Gasteiger partial charge in [-0.2, -0.15) is 0 Å². The second-order valence-corrected chi connectivity index (χ2v) is 3.23. The fourth-order valence-corrected chi connectivity index (χ4v) is 1.22. The Morgan fingerprint density at radius 2 is 2.00 bits per heavy atom. The van der Waals surface area contributed by atoms with Gasteiger partial charge in [0.15, 0.2) is 5.78 Å². The fraction of sp³-hybridized carbons (Fsp3) is 0.250. The van der Waals surface area contributed by atoms with Crippen LogP contribution in [0, 0.1) is 0 Å². The summed E-state index contributed by atoms with van der Waals surface area (Å²) in [6, 6.07) is 7.04. The number of hydrogen-bond acceptors (Lipinski definition) is 2. The second kappa shape index (κ2) is 5.22. The number of benzene rings is 1. The van der Waals surface area contributed by atoms with Gasteiger partial charge < -0.3 is 5.73 Å². The van der Waals surface area contributed by atoms with Crippen molar-refractivity contribution in [3.63, 3.8) is 0 Å². The minimum absolute atomic E-state index is 0.173. The van der Waals surface area contributed by atoms with Gasteiger partial charge in [-0.25, -0.2) is 0 Å². The Bertz CT molecular complexity index is 314. The molecular weight excluding hydrogens is 174 g/mol. The maximum atomic E-state index is 11.6. The molecule has 0 spiro atoms. The van der Waals surface area contributed by atoms with Crippen LogP contribution in [0.3, 0.4) is 0 Å². The van der Waals surface area contributed by atoms with Crippen LogP contribution in [-0.4, -0.2) is 5.78 Å². The van der Waals surface area contributed by atoms with Gasteiger partial charge in [0.2, 0.25) is 0 Å². The SMILES string of the molecule is C=CCCCC(=O)c1ccc(N)cc1. The number of hydrogen-bond donors (Lipinski definition) is 1. The summed E-state index contributed by atoms with van der Waals surface area (Å²) in [5.41, 5.74) is 6.95. The van der Waals surface area contributed by atoms with Gasteiger partial charge in [0.25, 0.3) is 0 Å². The van der Waals surface area contributed by atoms with E-state index in [4.69, 9.17) is 5.73 Å². The molecule has 0 aliphatic heterocycles. The largest absolute Gasteiger partial charge is 0.399 e. The summed E-state index contributed by atoms with van der Waals surface area (Å²) in [6.45, 7) is 3.61. The first-order valence-corrected chi connectivity index (χ1v) is 4.73. The molecule has 0 amide bonds. The number of carbonyl (C=O) groups is 1. The lowest BCUT2D eigenvalue weighted by atomic mass is 10.1. The molecule has 0 aliphatic rings. The molecule has 0 saturated heterocycles. The van der Waals surface area contributed by atoms with E-state index in [0.29, 0.717) is 12.1 Å². The zero-order valence-electron chi connectivity index (χ0n) is 8.20. The van der Waals surface area contributed by atoms with Crippen LogP contribution >= 0.6 is 0 Å². The smallest absolute Gasteiger partial charge is 0.162 e. The summed E-state index contributed by atoms with van der Waals surface area (Å²) in [4.78, 5) is 11.6. The molecule has 0 bridgehead atoms. The van der Waals surface area contributed by atoms with E-state index in [2.05, 4.69) is 6.58 Å². The Kier molecular flexibility index (Phi) is 3.92. The molecule has 1 aromatic rings. The van der Waals surface area contributed by atoms with Crippen LogP contribution in [0.1, 0.15) is 29.6 Å². The summed E-state index contributed by atoms with van der Waals surface area (Å²) in [5.74, 6) is 0.173. The predicted octanol–water partition coefficient (Wildman–Crippen LogP) is 2.81. The van der Waals surface area contributed by atoms with Crippen LogP contribution in [0.15, 0.2) is 36.9 Å². The number of nitrogens with two attached hydrogens (primary N) is 1. The molecule has 0 heterocycles. The maximum absolute atomic E-state index is 11.6. The highest BCUT2D eigenvalue weighted by Crippen LogP contribution is 2.09. The summed E-state index contributed by atoms with van der Waals surface area (Å²) >= 11 is 0. The molecule has 0 aromatic heterocycles. The van der Waals surface area contributed by atoms with Gasteiger partial charge in [-0.05, 0) is 37.1 Å². The van der Waals surface area contributed by atoms with E-state index in [1.165, 1.54) is 0 Å². The maximum Gasteiger partial charge on any atom is 0.162 e. The van der Waals surface area contributed by atoms with Crippen molar-refractivity contribution < 1.29 is 4.79 Å². The number of carbonyl (C=O) groups excluding carboxylic acids is 1. The molecule has 0 fully saturated rings. The molecule has 2 heteroatoms. The average Bonchev–Trinajstić information content (AvgIpc) is 2.19. The third-order valence-electron chi connectivity index (χ3n) is 2.04. The van der Waals surface area contributed by atoms with Crippen LogP contribution < -0.4 is 5.73 Å². The van der Waals surface area contributed by atoms with Gasteiger partial charge in [0.05, 0.1) is 0 Å². The normalized spacial score (nSPS) is 9.71. The van der Waals surface area contributed by atoms with E-state index in [0.717, 1.165) is 18.4 Å². The Hall–Kier alpha value is -1.57. The van der Waals surface area contributed by atoms with Crippen LogP contribution in [-0.2, 0) is 0 Å². The standard InChI is InChI=1S/C12H15NO/c1-2-3-4-5-12(14)10-6-8-11(13)9-7-10/h2,6-9H,1,3-5,13H2. The van der Waals surface area contributed by atoms with Crippen molar-refractivity contribution in [3.8, 4) is 0 Å². The number of rotatable bonds is 5. The van der Waals surface area contributed by atoms with Crippen molar-refractivity contribution in [1.82, 2.24) is 0 Å². The van der Waals surface area contributed by atoms with E-state index < -0.39 is 0 Å². The van der Waals surface area contributed by atoms with E-state index in [1.54, 1.807) is 24.3 Å². The predicted molar refractivity (Wildman–Crippen MR) is 59.2 cm³/mol. The lowest BCUT2D eigenvalue weighted by molar-refractivity contribution is 0.0980. The monoisotopic (exact) mass is 189 g/mol. The molecule has 0 radical (unpaired) electrons. The fourth-order valence-electron chi connectivity index (χ4n) is 1.22. The van der Waals surface area contributed by atoms with Crippen LogP contribution in [0.2, 0.25) is 0 Å². The van der Waals surface area contributed by atoms with Crippen molar-refractivity contribution >= 4 is 11.5 Å². The van der Waals surface area contributed by atoms with Crippen molar-refractivity contribution in [3.05, 3.63) is 42.5 Å². The van der Waals surface area contributed by atoms with Gasteiger partial charge in [-0.15, -0.1) is 6.58 Å². The molecule has 0 saturated carbocycles. The molecule has 1 aromatic carbocycles. The Balaban J connectivity index is 2.52. The Morgan fingerprint density at radius 1 is 1.36 bits per heavy atom. The minimum atomic E-state index is 0.173. The summed E-state index contributed by atoms with van der Waals surface area (Å²) in [5, 5.41) is 0. The topological polar surface area (TPSA) is 43.1 Å². The number of nitrogen functional groups attached to an aromatic ring is 1. The van der Waals surface area contributed by atoms with Crippen molar-refractivity contribution in [2.24, 2.45) is 0 Å². The molecule has 74 valence electrons. The summed E-state index contributed by atoms with van der Waals surface area (Å²) in [6.07, 6.45) is 4.17. The van der Waals surface area contributed by atoms with E-state index >= 15 is 0 Å². The van der Waals surface area contributed by atoms with Crippen LogP contribution in [0.4, 0.5) is 5.69 Å². The van der Waals surface area contributed by atoms with Gasteiger partial charge in [-0.1, -0.05) is 6.08 Å². The number of anilines is 1. The molecular formula is C12H15NO. The molecule has 0 atom stereocenters. The quantitative estimate of drug-likeness (QED) is 0.335. The first kappa shape index (κ1) is 10.5. The number of ketones is 1. The molecule has 1 rings (SSSR count). The first-order chi connectivity index (χ1) is 6.74. The lowest BCUT2D eigenvalue weighted by Gasteiger charge is -2.00. The lowest BCUT2D eigenvalue weighted by Crippen LogP contribution is -1.98. The van der Waals surface area contributed by atoms with Crippen molar-refractivity contribution in [2.45, 2.75) is 19.3 Å².